The smallest absolute Gasteiger partial charge is 0.511 e. The average Bonchev–Trinajstić information content (AvgIpc) is 2.05. The van der Waals surface area contributed by atoms with E-state index in [0.29, 0.717) is 6.07 Å². The van der Waals surface area contributed by atoms with Gasteiger partial charge in [0.25, 0.3) is 0 Å². The maximum atomic E-state index is 12.3. The van der Waals surface area contributed by atoms with Crippen LogP contribution in [0, 0.1) is 0 Å². The minimum absolute atomic E-state index is 0.443. The number of hydrogen-bond acceptors (Lipinski definition) is 4. The quantitative estimate of drug-likeness (QED) is 0.601. The molecule has 4 nitrogen and oxygen atoms in total. The predicted molar refractivity (Wildman–Crippen MR) is 45.1 cm³/mol. The molecular weight excluding hydrogens is 237 g/mol. The number of pyridine rings is 1. The van der Waals surface area contributed by atoms with Crippen LogP contribution in [-0.4, -0.2) is 22.4 Å². The third-order valence-corrected chi connectivity index (χ3v) is 1.66. The van der Waals surface area contributed by atoms with Crippen LogP contribution in [0.15, 0.2) is 12.3 Å². The molecule has 0 aliphatic heterocycles. The molecule has 0 spiro atoms. The minimum atomic E-state index is -4.68. The first-order chi connectivity index (χ1) is 6.80. The molecule has 0 aromatic carbocycles. The molecule has 1 rings (SSSR count). The Kier molecular flexibility index (Phi) is 3.43. The summed E-state index contributed by atoms with van der Waals surface area (Å²) in [5.74, 6) is -0.443. The number of rotatable bonds is 2. The van der Waals surface area contributed by atoms with Crippen LogP contribution in [0.5, 0.6) is 5.75 Å². The van der Waals surface area contributed by atoms with Gasteiger partial charge in [-0.3, -0.25) is 0 Å². The Balaban J connectivity index is 3.06. The van der Waals surface area contributed by atoms with Gasteiger partial charge >= 0.3 is 13.5 Å². The van der Waals surface area contributed by atoms with Gasteiger partial charge in [0, 0.05) is 0 Å². The van der Waals surface area contributed by atoms with Gasteiger partial charge in [-0.15, -0.1) is 0 Å². The highest BCUT2D eigenvalue weighted by molar-refractivity contribution is 6.33. The van der Waals surface area contributed by atoms with E-state index in [0.717, 1.165) is 6.20 Å². The highest BCUT2D eigenvalue weighted by atomic mass is 35.5. The molecule has 0 atom stereocenters. The van der Waals surface area contributed by atoms with Gasteiger partial charge in [-0.05, 0) is 6.07 Å². The summed E-state index contributed by atoms with van der Waals surface area (Å²) in [6, 6.07) is 0.523. The van der Waals surface area contributed by atoms with Gasteiger partial charge < -0.3 is 14.7 Å². The van der Waals surface area contributed by atoms with E-state index < -0.39 is 30.0 Å². The lowest BCUT2D eigenvalue weighted by Gasteiger charge is -2.10. The molecule has 0 bridgehead atoms. The van der Waals surface area contributed by atoms with Gasteiger partial charge in [0.15, 0.2) is 0 Å². The molecule has 0 saturated heterocycles. The van der Waals surface area contributed by atoms with Crippen LogP contribution >= 0.6 is 11.6 Å². The molecule has 0 unspecified atom stereocenters. The zero-order valence-electron chi connectivity index (χ0n) is 6.99. The van der Waals surface area contributed by atoms with Crippen molar-refractivity contribution in [1.82, 2.24) is 4.98 Å². The molecule has 0 radical (unpaired) electrons. The Morgan fingerprint density at radius 1 is 1.40 bits per heavy atom. The second-order valence-electron chi connectivity index (χ2n) is 2.45. The zero-order valence-corrected chi connectivity index (χ0v) is 7.75. The summed E-state index contributed by atoms with van der Waals surface area (Å²) >= 11 is 5.21. The van der Waals surface area contributed by atoms with Crippen molar-refractivity contribution in [2.24, 2.45) is 0 Å². The van der Waals surface area contributed by atoms with E-state index in [9.17, 15) is 13.2 Å². The van der Waals surface area contributed by atoms with E-state index in [1.807, 2.05) is 0 Å². The van der Waals surface area contributed by atoms with E-state index >= 15 is 0 Å². The van der Waals surface area contributed by atoms with Crippen LogP contribution in [0.2, 0.25) is 5.15 Å². The van der Waals surface area contributed by atoms with E-state index in [4.69, 9.17) is 21.6 Å². The van der Waals surface area contributed by atoms with Gasteiger partial charge in [-0.25, -0.2) is 4.98 Å². The van der Waals surface area contributed by atoms with Gasteiger partial charge in [-0.1, -0.05) is 11.6 Å². The third kappa shape index (κ3) is 3.26. The fourth-order valence-electron chi connectivity index (χ4n) is 0.814. The summed E-state index contributed by atoms with van der Waals surface area (Å²) in [6.07, 6.45) is -3.83. The first-order valence-corrected chi connectivity index (χ1v) is 3.94. The molecule has 1 aromatic heterocycles. The van der Waals surface area contributed by atoms with Crippen LogP contribution in [-0.2, 0) is 6.18 Å². The lowest BCUT2D eigenvalue weighted by atomic mass is 10.2. The van der Waals surface area contributed by atoms with Gasteiger partial charge in [0.05, 0.1) is 11.8 Å². The summed E-state index contributed by atoms with van der Waals surface area (Å²) in [7, 11) is -2.21. The fourth-order valence-corrected chi connectivity index (χ4v) is 1.02. The summed E-state index contributed by atoms with van der Waals surface area (Å²) in [5.41, 5.74) is -1.21. The monoisotopic (exact) mass is 241 g/mol. The molecule has 0 saturated carbocycles. The first kappa shape index (κ1) is 12.1. The summed E-state index contributed by atoms with van der Waals surface area (Å²) < 4.78 is 41.0. The lowest BCUT2D eigenvalue weighted by molar-refractivity contribution is -0.137. The molecular formula is C6H4BClF3NO3. The van der Waals surface area contributed by atoms with Crippen molar-refractivity contribution < 1.29 is 27.9 Å². The topological polar surface area (TPSA) is 62.6 Å². The van der Waals surface area contributed by atoms with Crippen LogP contribution < -0.4 is 4.65 Å². The second kappa shape index (κ2) is 4.25. The maximum Gasteiger partial charge on any atom is 0.707 e. The highest BCUT2D eigenvalue weighted by Crippen LogP contribution is 2.35. The van der Waals surface area contributed by atoms with Gasteiger partial charge in [0.2, 0.25) is 0 Å². The Morgan fingerprint density at radius 2 is 2.00 bits per heavy atom. The van der Waals surface area contributed by atoms with Crippen LogP contribution in [0.4, 0.5) is 13.2 Å². The number of halogens is 4. The van der Waals surface area contributed by atoms with Crippen molar-refractivity contribution in [2.45, 2.75) is 6.18 Å². The SMILES string of the molecule is OB(O)Oc1cnc(Cl)c(C(F)(F)F)c1. The van der Waals surface area contributed by atoms with Crippen molar-refractivity contribution in [3.8, 4) is 5.75 Å². The zero-order chi connectivity index (χ0) is 11.6. The fraction of sp³-hybridized carbons (Fsp3) is 0.167. The average molecular weight is 241 g/mol. The molecule has 0 aliphatic carbocycles. The normalized spacial score (nSPS) is 11.3. The lowest BCUT2D eigenvalue weighted by Crippen LogP contribution is -2.21. The predicted octanol–water partition coefficient (Wildman–Crippen LogP) is 1.10. The van der Waals surface area contributed by atoms with Crippen LogP contribution in [0.3, 0.4) is 0 Å². The highest BCUT2D eigenvalue weighted by Gasteiger charge is 2.34. The first-order valence-electron chi connectivity index (χ1n) is 3.56. The molecule has 0 fully saturated rings. The second-order valence-corrected chi connectivity index (χ2v) is 2.81. The van der Waals surface area contributed by atoms with Crippen molar-refractivity contribution in [3.63, 3.8) is 0 Å². The number of alkyl halides is 3. The van der Waals surface area contributed by atoms with E-state index in [1.54, 1.807) is 0 Å². The van der Waals surface area contributed by atoms with Crippen LogP contribution in [0.1, 0.15) is 5.56 Å². The maximum absolute atomic E-state index is 12.3. The molecule has 2 N–H and O–H groups in total. The Hall–Kier alpha value is -0.985. The molecule has 0 amide bonds. The standard InChI is InChI=1S/C6H4BClF3NO3/c8-5-4(6(9,10)11)1-3(2-12-5)15-7(13)14/h1-2,13-14H. The van der Waals surface area contributed by atoms with Crippen molar-refractivity contribution in [2.75, 3.05) is 0 Å². The molecule has 15 heavy (non-hydrogen) atoms. The molecule has 9 heteroatoms. The van der Waals surface area contributed by atoms with E-state index in [2.05, 4.69) is 9.64 Å². The van der Waals surface area contributed by atoms with E-state index in [-0.39, 0.29) is 0 Å². The van der Waals surface area contributed by atoms with Gasteiger partial charge in [0.1, 0.15) is 10.9 Å². The van der Waals surface area contributed by atoms with Crippen molar-refractivity contribution >= 4 is 18.9 Å². The van der Waals surface area contributed by atoms with Gasteiger partial charge in [-0.2, -0.15) is 13.2 Å². The summed E-state index contributed by atoms with van der Waals surface area (Å²) in [6.45, 7) is 0. The molecule has 0 aliphatic rings. The number of nitrogens with zero attached hydrogens (tertiary/aromatic N) is 1. The van der Waals surface area contributed by atoms with Crippen molar-refractivity contribution in [1.29, 1.82) is 0 Å². The number of hydrogen-bond donors (Lipinski definition) is 2. The minimum Gasteiger partial charge on any atom is -0.511 e. The Morgan fingerprint density at radius 3 is 2.47 bits per heavy atom. The molecule has 1 heterocycles. The molecule has 1 aromatic rings. The summed E-state index contributed by atoms with van der Waals surface area (Å²) in [5, 5.41) is 16.0. The molecule has 82 valence electrons. The third-order valence-electron chi connectivity index (χ3n) is 1.36. The summed E-state index contributed by atoms with van der Waals surface area (Å²) in [4.78, 5) is 3.20. The number of aromatic nitrogens is 1. The van der Waals surface area contributed by atoms with Crippen LogP contribution in [0.25, 0.3) is 0 Å². The Bertz CT molecular complexity index is 360. The Labute approximate surface area is 87.4 Å². The largest absolute Gasteiger partial charge is 0.707 e. The van der Waals surface area contributed by atoms with E-state index in [1.165, 1.54) is 0 Å². The van der Waals surface area contributed by atoms with Crippen molar-refractivity contribution in [3.05, 3.63) is 23.0 Å².